The van der Waals surface area contributed by atoms with E-state index in [2.05, 4.69) is 15.5 Å². The number of aryl methyl sites for hydroxylation is 1. The van der Waals surface area contributed by atoms with Gasteiger partial charge < -0.3 is 19.7 Å². The summed E-state index contributed by atoms with van der Waals surface area (Å²) >= 11 is 11.4. The minimum atomic E-state index is 0.0332. The third kappa shape index (κ3) is 4.59. The molecule has 4 aromatic rings. The quantitative estimate of drug-likeness (QED) is 0.250. The molecule has 0 unspecified atom stereocenters. The van der Waals surface area contributed by atoms with Crippen molar-refractivity contribution in [3.05, 3.63) is 82.9 Å². The number of aromatic hydroxyl groups is 1. The van der Waals surface area contributed by atoms with E-state index in [-0.39, 0.29) is 11.0 Å². The molecule has 0 radical (unpaired) electrons. The number of methoxy groups -OCH3 is 1. The third-order valence-electron chi connectivity index (χ3n) is 5.02. The van der Waals surface area contributed by atoms with Gasteiger partial charge in [-0.15, -0.1) is 10.2 Å². The predicted octanol–water partition coefficient (Wildman–Crippen LogP) is 6.85. The number of azo groups is 1. The topological polar surface area (TPSA) is 71.1 Å². The lowest BCUT2D eigenvalue weighted by Gasteiger charge is -2.07. The molecule has 0 saturated carbocycles. The van der Waals surface area contributed by atoms with Crippen LogP contribution in [-0.4, -0.2) is 21.9 Å². The van der Waals surface area contributed by atoms with Crippen LogP contribution in [0.4, 0.5) is 11.4 Å². The van der Waals surface area contributed by atoms with Crippen molar-refractivity contribution >= 4 is 51.2 Å². The molecule has 0 saturated heterocycles. The predicted molar refractivity (Wildman–Crippen MR) is 133 cm³/mol. The molecule has 1 heterocycles. The summed E-state index contributed by atoms with van der Waals surface area (Å²) in [6.07, 6.45) is 0. The maximum atomic E-state index is 10.9. The first-order valence-electron chi connectivity index (χ1n) is 9.88. The number of hydrogen-bond acceptors (Lipinski definition) is 4. The third-order valence-corrected chi connectivity index (χ3v) is 5.50. The highest BCUT2D eigenvalue weighted by atomic mass is 35.5. The van der Waals surface area contributed by atoms with E-state index in [1.165, 1.54) is 5.56 Å². The Morgan fingerprint density at radius 2 is 1.88 bits per heavy atom. The highest BCUT2D eigenvalue weighted by molar-refractivity contribution is 7.80. The maximum Gasteiger partial charge on any atom is 0.221 e. The SMILES string of the molecule is COc1ccc(NC(=S)N=Nc2c(O)n(Cc3ccc(C)cc3)c3ccccc23)cc1Cl. The van der Waals surface area contributed by atoms with Crippen LogP contribution in [0.2, 0.25) is 5.02 Å². The van der Waals surface area contributed by atoms with Gasteiger partial charge in [-0.3, -0.25) is 0 Å². The summed E-state index contributed by atoms with van der Waals surface area (Å²) in [7, 11) is 1.55. The number of para-hydroxylation sites is 1. The summed E-state index contributed by atoms with van der Waals surface area (Å²) in [5, 5.41) is 23.6. The van der Waals surface area contributed by atoms with Crippen molar-refractivity contribution in [3.8, 4) is 11.6 Å². The van der Waals surface area contributed by atoms with Gasteiger partial charge in [-0.05, 0) is 49.0 Å². The molecule has 32 heavy (non-hydrogen) atoms. The van der Waals surface area contributed by atoms with E-state index in [4.69, 9.17) is 28.6 Å². The van der Waals surface area contributed by atoms with Crippen LogP contribution in [0.25, 0.3) is 10.9 Å². The van der Waals surface area contributed by atoms with Crippen LogP contribution >= 0.6 is 23.8 Å². The number of benzene rings is 3. The zero-order valence-corrected chi connectivity index (χ0v) is 19.1. The molecule has 2 N–H and O–H groups in total. The summed E-state index contributed by atoms with van der Waals surface area (Å²) in [5.74, 6) is 0.599. The number of ether oxygens (including phenoxy) is 1. The summed E-state index contributed by atoms with van der Waals surface area (Å²) in [4.78, 5) is 0. The van der Waals surface area contributed by atoms with E-state index in [1.807, 2.05) is 60.0 Å². The second-order valence-corrected chi connectivity index (χ2v) is 8.03. The van der Waals surface area contributed by atoms with Crippen molar-refractivity contribution in [2.75, 3.05) is 12.4 Å². The van der Waals surface area contributed by atoms with Crippen molar-refractivity contribution in [1.82, 2.24) is 4.57 Å². The number of hydrogen-bond donors (Lipinski definition) is 2. The van der Waals surface area contributed by atoms with Crippen LogP contribution < -0.4 is 10.1 Å². The van der Waals surface area contributed by atoms with Crippen LogP contribution in [0, 0.1) is 6.92 Å². The first-order chi connectivity index (χ1) is 15.5. The number of nitrogens with one attached hydrogen (secondary N) is 1. The van der Waals surface area contributed by atoms with Crippen LogP contribution in [0.5, 0.6) is 11.6 Å². The summed E-state index contributed by atoms with van der Waals surface area (Å²) in [6, 6.07) is 21.0. The molecule has 162 valence electrons. The lowest BCUT2D eigenvalue weighted by Crippen LogP contribution is -2.04. The van der Waals surface area contributed by atoms with Gasteiger partial charge in [-0.25, -0.2) is 0 Å². The average Bonchev–Trinajstić information content (AvgIpc) is 3.05. The normalized spacial score (nSPS) is 11.2. The molecule has 0 amide bonds. The van der Waals surface area contributed by atoms with E-state index in [0.717, 1.165) is 16.5 Å². The summed E-state index contributed by atoms with van der Waals surface area (Å²) in [5.41, 5.74) is 4.14. The second kappa shape index (κ2) is 9.38. The fourth-order valence-electron chi connectivity index (χ4n) is 3.39. The van der Waals surface area contributed by atoms with Crippen LogP contribution in [0.3, 0.4) is 0 Å². The van der Waals surface area contributed by atoms with Gasteiger partial charge in [0.05, 0.1) is 24.2 Å². The van der Waals surface area contributed by atoms with Gasteiger partial charge in [-0.1, -0.05) is 59.6 Å². The molecule has 0 fully saturated rings. The molecule has 8 heteroatoms. The first-order valence-corrected chi connectivity index (χ1v) is 10.7. The lowest BCUT2D eigenvalue weighted by molar-refractivity contribution is 0.415. The van der Waals surface area contributed by atoms with Crippen LogP contribution in [0.1, 0.15) is 11.1 Å². The lowest BCUT2D eigenvalue weighted by atomic mass is 10.1. The van der Waals surface area contributed by atoms with Crippen molar-refractivity contribution in [1.29, 1.82) is 0 Å². The van der Waals surface area contributed by atoms with Crippen molar-refractivity contribution < 1.29 is 9.84 Å². The summed E-state index contributed by atoms with van der Waals surface area (Å²) in [6.45, 7) is 2.55. The first kappa shape index (κ1) is 21.8. The molecular formula is C24H21ClN4O2S. The van der Waals surface area contributed by atoms with Gasteiger partial charge in [0.2, 0.25) is 11.0 Å². The monoisotopic (exact) mass is 464 g/mol. The molecule has 0 aliphatic carbocycles. The van der Waals surface area contributed by atoms with Crippen LogP contribution in [0.15, 0.2) is 77.0 Å². The molecule has 6 nitrogen and oxygen atoms in total. The number of fused-ring (bicyclic) bond motifs is 1. The number of rotatable bonds is 5. The number of halogens is 1. The smallest absolute Gasteiger partial charge is 0.221 e. The second-order valence-electron chi connectivity index (χ2n) is 7.24. The molecular weight excluding hydrogens is 444 g/mol. The Kier molecular flexibility index (Phi) is 6.39. The van der Waals surface area contributed by atoms with E-state index < -0.39 is 0 Å². The molecule has 0 aliphatic rings. The number of aromatic nitrogens is 1. The van der Waals surface area contributed by atoms with Gasteiger partial charge in [0.25, 0.3) is 0 Å². The molecule has 3 aromatic carbocycles. The minimum absolute atomic E-state index is 0.0332. The highest BCUT2D eigenvalue weighted by Gasteiger charge is 2.17. The van der Waals surface area contributed by atoms with Crippen molar-refractivity contribution in [2.24, 2.45) is 10.2 Å². The van der Waals surface area contributed by atoms with Crippen molar-refractivity contribution in [3.63, 3.8) is 0 Å². The number of nitrogens with zero attached hydrogens (tertiary/aromatic N) is 3. The molecule has 4 rings (SSSR count). The van der Waals surface area contributed by atoms with E-state index >= 15 is 0 Å². The van der Waals surface area contributed by atoms with Gasteiger partial charge in [0.15, 0.2) is 5.69 Å². The Morgan fingerprint density at radius 1 is 1.12 bits per heavy atom. The van der Waals surface area contributed by atoms with E-state index in [9.17, 15) is 5.11 Å². The van der Waals surface area contributed by atoms with Crippen molar-refractivity contribution in [2.45, 2.75) is 13.5 Å². The average molecular weight is 465 g/mol. The molecule has 1 aromatic heterocycles. The summed E-state index contributed by atoms with van der Waals surface area (Å²) < 4.78 is 6.96. The Morgan fingerprint density at radius 3 is 2.59 bits per heavy atom. The fraction of sp³-hybridized carbons (Fsp3) is 0.125. The molecule has 0 spiro atoms. The Balaban J connectivity index is 1.60. The number of thiocarbonyl (C=S) groups is 1. The standard InChI is InChI=1S/C24H21ClN4O2S/c1-15-7-9-16(10-8-15)14-29-20-6-4-3-5-18(20)22(23(29)30)27-28-24(32)26-17-11-12-21(31-2)19(25)13-17/h3-13,30H,14H2,1-2H3,(H,26,32). The van der Waals surface area contributed by atoms with Gasteiger partial charge in [-0.2, -0.15) is 0 Å². The van der Waals surface area contributed by atoms with E-state index in [1.54, 1.807) is 25.3 Å². The largest absolute Gasteiger partial charge is 0.495 e. The zero-order chi connectivity index (χ0) is 22.7. The maximum absolute atomic E-state index is 10.9. The van der Waals surface area contributed by atoms with Gasteiger partial charge in [0, 0.05) is 11.1 Å². The minimum Gasteiger partial charge on any atom is -0.495 e. The Bertz CT molecular complexity index is 1320. The Labute approximate surface area is 196 Å². The Hall–Kier alpha value is -3.42. The van der Waals surface area contributed by atoms with Gasteiger partial charge in [0.1, 0.15) is 5.75 Å². The highest BCUT2D eigenvalue weighted by Crippen LogP contribution is 2.39. The van der Waals surface area contributed by atoms with E-state index in [0.29, 0.717) is 28.7 Å². The zero-order valence-electron chi connectivity index (χ0n) is 17.5. The number of anilines is 1. The molecule has 0 bridgehead atoms. The fourth-order valence-corrected chi connectivity index (χ4v) is 3.81. The molecule has 0 aliphatic heterocycles. The van der Waals surface area contributed by atoms with Gasteiger partial charge >= 0.3 is 0 Å². The molecule has 0 atom stereocenters. The van der Waals surface area contributed by atoms with Crippen LogP contribution in [-0.2, 0) is 6.54 Å².